The van der Waals surface area contributed by atoms with Gasteiger partial charge in [0.25, 0.3) is 11.1 Å². The van der Waals surface area contributed by atoms with Gasteiger partial charge < -0.3 is 4.57 Å². The van der Waals surface area contributed by atoms with E-state index in [2.05, 4.69) is 0 Å². The Kier molecular flexibility index (Phi) is 5.97. The highest BCUT2D eigenvalue weighted by Gasteiger charge is 2.36. The molecule has 0 atom stereocenters. The third kappa shape index (κ3) is 4.18. The Bertz CT molecular complexity index is 1420. The Hall–Kier alpha value is -2.70. The van der Waals surface area contributed by atoms with Crippen LogP contribution in [-0.4, -0.2) is 15.7 Å². The molecule has 0 spiro atoms. The molecule has 4 nitrogen and oxygen atoms in total. The predicted molar refractivity (Wildman–Crippen MR) is 137 cm³/mol. The van der Waals surface area contributed by atoms with E-state index in [9.17, 15) is 9.59 Å². The molecule has 0 aliphatic carbocycles. The Morgan fingerprint density at radius 3 is 2.27 bits per heavy atom. The third-order valence-electron chi connectivity index (χ3n) is 5.37. The summed E-state index contributed by atoms with van der Waals surface area (Å²) in [6.07, 6.45) is 3.70. The van der Waals surface area contributed by atoms with Crippen molar-refractivity contribution < 1.29 is 9.59 Å². The van der Waals surface area contributed by atoms with E-state index in [-0.39, 0.29) is 11.1 Å². The molecule has 8 heteroatoms. The number of halogens is 3. The summed E-state index contributed by atoms with van der Waals surface area (Å²) in [6, 6.07) is 19.9. The number of carbonyl (C=O) groups is 2. The second-order valence-corrected chi connectivity index (χ2v) is 9.67. The molecular formula is C25H15Cl3N2O2S. The third-order valence-corrected chi connectivity index (χ3v) is 7.20. The van der Waals surface area contributed by atoms with Crippen molar-refractivity contribution in [2.45, 2.75) is 6.54 Å². The van der Waals surface area contributed by atoms with Crippen LogP contribution in [0.3, 0.4) is 0 Å². The van der Waals surface area contributed by atoms with Crippen molar-refractivity contribution >= 4 is 80.4 Å². The van der Waals surface area contributed by atoms with Gasteiger partial charge in [0.15, 0.2) is 0 Å². The summed E-state index contributed by atoms with van der Waals surface area (Å²) in [5, 5.41) is 2.32. The van der Waals surface area contributed by atoms with Crippen molar-refractivity contribution in [3.8, 4) is 0 Å². The maximum Gasteiger partial charge on any atom is 0.298 e. The van der Waals surface area contributed by atoms with Crippen LogP contribution in [0.15, 0.2) is 77.8 Å². The molecule has 0 bridgehead atoms. The van der Waals surface area contributed by atoms with E-state index < -0.39 is 0 Å². The predicted octanol–water partition coefficient (Wildman–Crippen LogP) is 7.89. The van der Waals surface area contributed by atoms with E-state index in [1.165, 1.54) is 0 Å². The van der Waals surface area contributed by atoms with Crippen LogP contribution < -0.4 is 4.90 Å². The average molecular weight is 514 g/mol. The van der Waals surface area contributed by atoms with Gasteiger partial charge in [-0.3, -0.25) is 9.59 Å². The van der Waals surface area contributed by atoms with Crippen LogP contribution >= 0.6 is 46.6 Å². The zero-order valence-electron chi connectivity index (χ0n) is 17.0. The van der Waals surface area contributed by atoms with E-state index >= 15 is 0 Å². The number of fused-ring (bicyclic) bond motifs is 1. The van der Waals surface area contributed by atoms with Crippen molar-refractivity contribution in [2.75, 3.05) is 4.90 Å². The molecule has 1 fully saturated rings. The van der Waals surface area contributed by atoms with Gasteiger partial charge >= 0.3 is 0 Å². The van der Waals surface area contributed by atoms with Crippen molar-refractivity contribution in [3.05, 3.63) is 104 Å². The number of rotatable bonds is 4. The van der Waals surface area contributed by atoms with Crippen LogP contribution in [0, 0.1) is 0 Å². The second kappa shape index (κ2) is 8.92. The molecule has 33 heavy (non-hydrogen) atoms. The molecule has 0 radical (unpaired) electrons. The molecule has 0 unspecified atom stereocenters. The molecular weight excluding hydrogens is 499 g/mol. The lowest BCUT2D eigenvalue weighted by molar-refractivity contribution is -0.113. The molecule has 1 saturated heterocycles. The van der Waals surface area contributed by atoms with Crippen molar-refractivity contribution in [1.29, 1.82) is 0 Å². The fourth-order valence-electron chi connectivity index (χ4n) is 3.80. The maximum atomic E-state index is 13.1. The number of benzene rings is 3. The van der Waals surface area contributed by atoms with Crippen molar-refractivity contribution in [1.82, 2.24) is 4.57 Å². The maximum absolute atomic E-state index is 13.1. The lowest BCUT2D eigenvalue weighted by atomic mass is 10.1. The molecule has 1 aromatic heterocycles. The van der Waals surface area contributed by atoms with Gasteiger partial charge in [0.05, 0.1) is 17.1 Å². The largest absolute Gasteiger partial charge is 0.342 e. The number of hydrogen-bond acceptors (Lipinski definition) is 3. The van der Waals surface area contributed by atoms with E-state index in [0.717, 1.165) is 38.7 Å². The van der Waals surface area contributed by atoms with Gasteiger partial charge in [0.2, 0.25) is 0 Å². The van der Waals surface area contributed by atoms with Crippen LogP contribution in [0.4, 0.5) is 10.5 Å². The monoisotopic (exact) mass is 512 g/mol. The first-order valence-electron chi connectivity index (χ1n) is 9.96. The summed E-state index contributed by atoms with van der Waals surface area (Å²) < 4.78 is 2.04. The molecule has 5 rings (SSSR count). The first-order chi connectivity index (χ1) is 15.9. The van der Waals surface area contributed by atoms with Gasteiger partial charge in [-0.1, -0.05) is 59.1 Å². The fraction of sp³-hybridized carbons (Fsp3) is 0.0400. The molecule has 2 amide bonds. The number of thioether (sulfide) groups is 1. The topological polar surface area (TPSA) is 42.3 Å². The highest BCUT2D eigenvalue weighted by Crippen LogP contribution is 2.37. The van der Waals surface area contributed by atoms with Gasteiger partial charge in [0.1, 0.15) is 0 Å². The van der Waals surface area contributed by atoms with E-state index in [1.54, 1.807) is 30.3 Å². The number of nitrogens with zero attached hydrogens (tertiary/aromatic N) is 2. The van der Waals surface area contributed by atoms with E-state index in [1.807, 2.05) is 53.2 Å². The number of aromatic nitrogens is 1. The average Bonchev–Trinajstić information content (AvgIpc) is 3.28. The SMILES string of the molecule is O=C1S/C(=C/c2cn(Cc3c(Cl)cccc3Cl)c3ccccc23)C(=O)N1c1ccc(Cl)cc1. The normalized spacial score (nSPS) is 15.2. The van der Waals surface area contributed by atoms with Gasteiger partial charge in [0, 0.05) is 43.3 Å². The quantitative estimate of drug-likeness (QED) is 0.261. The molecule has 1 aliphatic heterocycles. The van der Waals surface area contributed by atoms with Crippen LogP contribution in [0.5, 0.6) is 0 Å². The Balaban J connectivity index is 1.54. The molecule has 0 N–H and O–H groups in total. The summed E-state index contributed by atoms with van der Waals surface area (Å²) in [4.78, 5) is 27.2. The highest BCUT2D eigenvalue weighted by atomic mass is 35.5. The van der Waals surface area contributed by atoms with Crippen LogP contribution in [-0.2, 0) is 11.3 Å². The van der Waals surface area contributed by atoms with E-state index in [4.69, 9.17) is 34.8 Å². The number of amides is 2. The Morgan fingerprint density at radius 2 is 1.55 bits per heavy atom. The van der Waals surface area contributed by atoms with Gasteiger partial charge in [-0.25, -0.2) is 4.90 Å². The molecule has 3 aromatic carbocycles. The first kappa shape index (κ1) is 22.1. The van der Waals surface area contributed by atoms with Gasteiger partial charge in [-0.15, -0.1) is 0 Å². The second-order valence-electron chi connectivity index (χ2n) is 7.42. The zero-order valence-corrected chi connectivity index (χ0v) is 20.1. The first-order valence-corrected chi connectivity index (χ1v) is 11.9. The number of anilines is 1. The number of para-hydroxylation sites is 1. The summed E-state index contributed by atoms with van der Waals surface area (Å²) in [5.41, 5.74) is 3.10. The number of imide groups is 1. The van der Waals surface area contributed by atoms with Crippen LogP contribution in [0.1, 0.15) is 11.1 Å². The Labute approximate surface area is 209 Å². The minimum Gasteiger partial charge on any atom is -0.342 e. The zero-order chi connectivity index (χ0) is 23.1. The van der Waals surface area contributed by atoms with Crippen LogP contribution in [0.2, 0.25) is 15.1 Å². The van der Waals surface area contributed by atoms with Crippen molar-refractivity contribution in [3.63, 3.8) is 0 Å². The minimum absolute atomic E-state index is 0.347. The minimum atomic E-state index is -0.363. The number of hydrogen-bond donors (Lipinski definition) is 0. The van der Waals surface area contributed by atoms with Gasteiger partial charge in [-0.05, 0) is 60.3 Å². The summed E-state index contributed by atoms with van der Waals surface area (Å²) >= 11 is 19.6. The fourth-order valence-corrected chi connectivity index (χ4v) is 5.27. The molecule has 0 saturated carbocycles. The lowest BCUT2D eigenvalue weighted by Gasteiger charge is -2.12. The smallest absolute Gasteiger partial charge is 0.298 e. The molecule has 1 aliphatic rings. The standard InChI is InChI=1S/C25H15Cl3N2O2S/c26-16-8-10-17(11-9-16)30-24(31)23(33-25(30)32)12-15-13-29(22-7-2-1-4-18(15)22)14-19-20(27)5-3-6-21(19)28/h1-13H,14H2/b23-12+. The lowest BCUT2D eigenvalue weighted by Crippen LogP contribution is -2.27. The van der Waals surface area contributed by atoms with Crippen LogP contribution in [0.25, 0.3) is 17.0 Å². The summed E-state index contributed by atoms with van der Waals surface area (Å²) in [7, 11) is 0. The Morgan fingerprint density at radius 1 is 0.848 bits per heavy atom. The highest BCUT2D eigenvalue weighted by molar-refractivity contribution is 8.19. The summed E-state index contributed by atoms with van der Waals surface area (Å²) in [5.74, 6) is -0.363. The number of carbonyl (C=O) groups excluding carboxylic acids is 2. The van der Waals surface area contributed by atoms with Gasteiger partial charge in [-0.2, -0.15) is 0 Å². The molecule has 164 valence electrons. The van der Waals surface area contributed by atoms with Crippen molar-refractivity contribution in [2.24, 2.45) is 0 Å². The van der Waals surface area contributed by atoms with E-state index in [0.29, 0.717) is 32.2 Å². The molecule has 4 aromatic rings. The summed E-state index contributed by atoms with van der Waals surface area (Å²) in [6.45, 7) is 0.471. The molecule has 2 heterocycles.